The first-order valence-electron chi connectivity index (χ1n) is 6.92. The van der Waals surface area contributed by atoms with Crippen molar-refractivity contribution in [1.29, 1.82) is 0 Å². The molecule has 0 aliphatic carbocycles. The normalized spacial score (nSPS) is 12.8. The van der Waals surface area contributed by atoms with Gasteiger partial charge in [-0.25, -0.2) is 0 Å². The van der Waals surface area contributed by atoms with Gasteiger partial charge in [-0.05, 0) is 43.8 Å². The Morgan fingerprint density at radius 2 is 2.20 bits per heavy atom. The Kier molecular flexibility index (Phi) is 5.09. The van der Waals surface area contributed by atoms with Crippen LogP contribution in [0.4, 0.5) is 0 Å². The molecular weight excluding hydrogens is 270 g/mol. The number of carbonyl (C=O) groups excluding carboxylic acids is 1. The Balaban J connectivity index is 1.85. The lowest BCUT2D eigenvalue weighted by Gasteiger charge is -2.14. The average Bonchev–Trinajstić information content (AvgIpc) is 2.84. The molecule has 0 spiro atoms. The highest BCUT2D eigenvalue weighted by molar-refractivity contribution is 7.17. The first kappa shape index (κ1) is 14.9. The molecule has 0 aromatic carbocycles. The van der Waals surface area contributed by atoms with Crippen molar-refractivity contribution in [3.63, 3.8) is 0 Å². The molecule has 20 heavy (non-hydrogen) atoms. The maximum absolute atomic E-state index is 11.5. The molecule has 0 aliphatic heterocycles. The summed E-state index contributed by atoms with van der Waals surface area (Å²) in [4.78, 5) is 16.0. The summed E-state index contributed by atoms with van der Waals surface area (Å²) in [5, 5.41) is 8.30. The van der Waals surface area contributed by atoms with E-state index in [1.165, 1.54) is 4.70 Å². The first-order chi connectivity index (χ1) is 9.56. The number of rotatable bonds is 6. The second-order valence-corrected chi connectivity index (χ2v) is 6.17. The van der Waals surface area contributed by atoms with E-state index in [1.807, 2.05) is 26.1 Å². The Morgan fingerprint density at radius 3 is 2.95 bits per heavy atom. The second-order valence-electron chi connectivity index (χ2n) is 5.22. The van der Waals surface area contributed by atoms with Crippen LogP contribution in [0.3, 0.4) is 0 Å². The maximum atomic E-state index is 11.5. The maximum Gasteiger partial charge on any atom is 0.221 e. The van der Waals surface area contributed by atoms with Gasteiger partial charge < -0.3 is 10.6 Å². The molecule has 4 nitrogen and oxygen atoms in total. The number of carbonyl (C=O) groups is 1. The molecule has 0 radical (unpaired) electrons. The van der Waals surface area contributed by atoms with Crippen molar-refractivity contribution in [2.45, 2.75) is 39.3 Å². The number of aromatic nitrogens is 1. The van der Waals surface area contributed by atoms with Gasteiger partial charge in [0, 0.05) is 31.2 Å². The molecule has 0 bridgehead atoms. The Labute approximate surface area is 123 Å². The number of hydrogen-bond donors (Lipinski definition) is 2. The van der Waals surface area contributed by atoms with E-state index in [9.17, 15) is 4.79 Å². The van der Waals surface area contributed by atoms with Crippen LogP contribution in [0.2, 0.25) is 0 Å². The van der Waals surface area contributed by atoms with E-state index >= 15 is 0 Å². The quantitative estimate of drug-likeness (QED) is 0.860. The first-order valence-corrected chi connectivity index (χ1v) is 7.80. The lowest BCUT2D eigenvalue weighted by atomic mass is 10.1. The molecule has 108 valence electrons. The minimum absolute atomic E-state index is 0.0894. The third kappa shape index (κ3) is 4.02. The van der Waals surface area contributed by atoms with E-state index in [-0.39, 0.29) is 18.0 Å². The molecule has 0 fully saturated rings. The van der Waals surface area contributed by atoms with Crippen molar-refractivity contribution in [1.82, 2.24) is 15.6 Å². The fraction of sp³-hybridized carbons (Fsp3) is 0.467. The zero-order chi connectivity index (χ0) is 14.5. The van der Waals surface area contributed by atoms with Crippen molar-refractivity contribution < 1.29 is 4.79 Å². The van der Waals surface area contributed by atoms with Crippen LogP contribution >= 0.6 is 11.3 Å². The van der Waals surface area contributed by atoms with Gasteiger partial charge in [0.2, 0.25) is 5.91 Å². The lowest BCUT2D eigenvalue weighted by Crippen LogP contribution is -2.33. The van der Waals surface area contributed by atoms with E-state index < -0.39 is 0 Å². The number of amides is 1. The molecule has 2 rings (SSSR count). The summed E-state index contributed by atoms with van der Waals surface area (Å²) in [7, 11) is 0. The van der Waals surface area contributed by atoms with Crippen LogP contribution in [0.1, 0.15) is 38.8 Å². The van der Waals surface area contributed by atoms with Crippen LogP contribution in [-0.2, 0) is 4.79 Å². The molecular formula is C15H21N3OS. The topological polar surface area (TPSA) is 54.0 Å². The van der Waals surface area contributed by atoms with E-state index in [4.69, 9.17) is 0 Å². The van der Waals surface area contributed by atoms with E-state index in [0.717, 1.165) is 11.1 Å². The fourth-order valence-corrected chi connectivity index (χ4v) is 2.80. The Morgan fingerprint density at radius 1 is 1.40 bits per heavy atom. The smallest absolute Gasteiger partial charge is 0.221 e. The van der Waals surface area contributed by atoms with Gasteiger partial charge >= 0.3 is 0 Å². The number of nitrogens with zero attached hydrogens (tertiary/aromatic N) is 1. The molecule has 5 heteroatoms. The Hall–Kier alpha value is -1.46. The SMILES string of the molecule is CC(C)NC(=O)CCNC(C)c1cnc2ccsc2c1. The highest BCUT2D eigenvalue weighted by Crippen LogP contribution is 2.22. The molecule has 2 aromatic rings. The minimum atomic E-state index is 0.0894. The van der Waals surface area contributed by atoms with Crippen molar-refractivity contribution in [2.24, 2.45) is 0 Å². The molecule has 1 unspecified atom stereocenters. The molecule has 2 aromatic heterocycles. The van der Waals surface area contributed by atoms with Crippen molar-refractivity contribution >= 4 is 27.5 Å². The second kappa shape index (κ2) is 6.81. The van der Waals surface area contributed by atoms with E-state index in [2.05, 4.69) is 34.0 Å². The van der Waals surface area contributed by atoms with Crippen LogP contribution in [0.15, 0.2) is 23.7 Å². The van der Waals surface area contributed by atoms with Gasteiger partial charge in [0.25, 0.3) is 0 Å². The van der Waals surface area contributed by atoms with Gasteiger partial charge in [-0.2, -0.15) is 0 Å². The molecule has 2 N–H and O–H groups in total. The third-order valence-corrected chi connectivity index (χ3v) is 3.93. The van der Waals surface area contributed by atoms with Gasteiger partial charge in [-0.15, -0.1) is 11.3 Å². The summed E-state index contributed by atoms with van der Waals surface area (Å²) in [6.45, 7) is 6.70. The highest BCUT2D eigenvalue weighted by atomic mass is 32.1. The van der Waals surface area contributed by atoms with Gasteiger partial charge in [-0.3, -0.25) is 9.78 Å². The summed E-state index contributed by atoms with van der Waals surface area (Å²) in [5.74, 6) is 0.0894. The number of pyridine rings is 1. The standard InChI is InChI=1S/C15H21N3OS/c1-10(2)18-15(19)4-6-16-11(3)12-8-14-13(17-9-12)5-7-20-14/h5,7-11,16H,4,6H2,1-3H3,(H,18,19). The van der Waals surface area contributed by atoms with Crippen LogP contribution < -0.4 is 10.6 Å². The van der Waals surface area contributed by atoms with Gasteiger partial charge in [0.05, 0.1) is 10.2 Å². The van der Waals surface area contributed by atoms with Crippen LogP contribution in [0.25, 0.3) is 10.2 Å². The molecule has 0 aliphatic rings. The number of fused-ring (bicyclic) bond motifs is 1. The highest BCUT2D eigenvalue weighted by Gasteiger charge is 2.08. The average molecular weight is 291 g/mol. The number of nitrogens with one attached hydrogen (secondary N) is 2. The van der Waals surface area contributed by atoms with Gasteiger partial charge in [-0.1, -0.05) is 0 Å². The zero-order valence-electron chi connectivity index (χ0n) is 12.1. The van der Waals surface area contributed by atoms with Crippen LogP contribution in [-0.4, -0.2) is 23.5 Å². The summed E-state index contributed by atoms with van der Waals surface area (Å²) in [5.41, 5.74) is 2.20. The third-order valence-electron chi connectivity index (χ3n) is 3.08. The number of hydrogen-bond acceptors (Lipinski definition) is 4. The summed E-state index contributed by atoms with van der Waals surface area (Å²) in [6, 6.07) is 4.59. The van der Waals surface area contributed by atoms with Gasteiger partial charge in [0.1, 0.15) is 0 Å². The predicted molar refractivity (Wildman–Crippen MR) is 83.9 cm³/mol. The molecule has 1 amide bonds. The van der Waals surface area contributed by atoms with Gasteiger partial charge in [0.15, 0.2) is 0 Å². The summed E-state index contributed by atoms with van der Waals surface area (Å²) in [6.07, 6.45) is 2.40. The zero-order valence-corrected chi connectivity index (χ0v) is 13.0. The summed E-state index contributed by atoms with van der Waals surface area (Å²) < 4.78 is 1.20. The summed E-state index contributed by atoms with van der Waals surface area (Å²) >= 11 is 1.70. The fourth-order valence-electron chi connectivity index (χ4n) is 2.01. The minimum Gasteiger partial charge on any atom is -0.354 e. The molecule has 0 saturated heterocycles. The molecule has 2 heterocycles. The lowest BCUT2D eigenvalue weighted by molar-refractivity contribution is -0.121. The number of thiophene rings is 1. The van der Waals surface area contributed by atoms with Crippen LogP contribution in [0, 0.1) is 0 Å². The van der Waals surface area contributed by atoms with E-state index in [0.29, 0.717) is 13.0 Å². The monoisotopic (exact) mass is 291 g/mol. The predicted octanol–water partition coefficient (Wildman–Crippen LogP) is 2.86. The van der Waals surface area contributed by atoms with Crippen molar-refractivity contribution in [3.05, 3.63) is 29.3 Å². The van der Waals surface area contributed by atoms with Crippen LogP contribution in [0.5, 0.6) is 0 Å². The molecule has 0 saturated carbocycles. The van der Waals surface area contributed by atoms with Crippen molar-refractivity contribution in [3.8, 4) is 0 Å². The van der Waals surface area contributed by atoms with E-state index in [1.54, 1.807) is 11.3 Å². The molecule has 1 atom stereocenters. The Bertz CT molecular complexity index is 579. The largest absolute Gasteiger partial charge is 0.354 e. The van der Waals surface area contributed by atoms with Crippen molar-refractivity contribution in [2.75, 3.05) is 6.54 Å².